The number of aromatic nitrogens is 5. The van der Waals surface area contributed by atoms with Gasteiger partial charge in [0.15, 0.2) is 5.69 Å². The van der Waals surface area contributed by atoms with Crippen LogP contribution in [0.3, 0.4) is 0 Å². The lowest BCUT2D eigenvalue weighted by atomic mass is 9.78. The van der Waals surface area contributed by atoms with E-state index in [-0.39, 0.29) is 18.8 Å². The molecule has 0 radical (unpaired) electrons. The van der Waals surface area contributed by atoms with Crippen molar-refractivity contribution in [2.24, 2.45) is 0 Å². The van der Waals surface area contributed by atoms with Crippen LogP contribution >= 0.6 is 0 Å². The fourth-order valence-corrected chi connectivity index (χ4v) is 4.20. The predicted octanol–water partition coefficient (Wildman–Crippen LogP) is 1.32. The zero-order valence-corrected chi connectivity index (χ0v) is 17.3. The molecule has 1 spiro atoms. The molecular formula is C21H21FN6O4. The van der Waals surface area contributed by atoms with Crippen molar-refractivity contribution < 1.29 is 19.0 Å². The van der Waals surface area contributed by atoms with Gasteiger partial charge in [0.2, 0.25) is 5.75 Å². The predicted molar refractivity (Wildman–Crippen MR) is 109 cm³/mol. The lowest BCUT2D eigenvalue weighted by Gasteiger charge is -2.44. The first-order valence-electron chi connectivity index (χ1n) is 10.3. The molecule has 1 saturated carbocycles. The van der Waals surface area contributed by atoms with E-state index in [1.54, 1.807) is 6.92 Å². The maximum Gasteiger partial charge on any atom is 0.296 e. The second kappa shape index (κ2) is 7.52. The Balaban J connectivity index is 1.45. The highest BCUT2D eigenvalue weighted by Crippen LogP contribution is 2.45. The van der Waals surface area contributed by atoms with E-state index in [4.69, 9.17) is 4.74 Å². The summed E-state index contributed by atoms with van der Waals surface area (Å²) in [4.78, 5) is 34.0. The van der Waals surface area contributed by atoms with Crippen LogP contribution in [0.4, 0.5) is 4.39 Å². The third-order valence-corrected chi connectivity index (χ3v) is 6.06. The number of ether oxygens (including phenoxy) is 1. The zero-order valence-electron chi connectivity index (χ0n) is 17.3. The van der Waals surface area contributed by atoms with E-state index >= 15 is 0 Å². The minimum Gasteiger partial charge on any atom is -0.501 e. The second-order valence-corrected chi connectivity index (χ2v) is 7.96. The molecule has 0 bridgehead atoms. The second-order valence-electron chi connectivity index (χ2n) is 7.96. The maximum atomic E-state index is 13.9. The van der Waals surface area contributed by atoms with E-state index < -0.39 is 28.6 Å². The van der Waals surface area contributed by atoms with Gasteiger partial charge in [0.25, 0.3) is 11.5 Å². The van der Waals surface area contributed by atoms with E-state index in [1.807, 2.05) is 0 Å². The number of carbonyl (C=O) groups excluding carboxylic acids is 1. The fourth-order valence-electron chi connectivity index (χ4n) is 4.20. The number of aromatic hydroxyl groups is 1. The first kappa shape index (κ1) is 20.3. The zero-order chi connectivity index (χ0) is 22.5. The monoisotopic (exact) mass is 440 g/mol. The lowest BCUT2D eigenvalue weighted by Crippen LogP contribution is -2.49. The first-order chi connectivity index (χ1) is 15.4. The van der Waals surface area contributed by atoms with Gasteiger partial charge in [-0.15, -0.1) is 0 Å². The van der Waals surface area contributed by atoms with E-state index in [0.717, 1.165) is 6.42 Å². The van der Waals surface area contributed by atoms with Crippen LogP contribution in [0.1, 0.15) is 47.0 Å². The van der Waals surface area contributed by atoms with E-state index in [9.17, 15) is 19.1 Å². The molecule has 10 nitrogen and oxygen atoms in total. The van der Waals surface area contributed by atoms with Crippen LogP contribution in [-0.2, 0) is 23.4 Å². The molecule has 0 unspecified atom stereocenters. The van der Waals surface area contributed by atoms with E-state index in [2.05, 4.69) is 20.4 Å². The minimum absolute atomic E-state index is 0.00503. The van der Waals surface area contributed by atoms with Gasteiger partial charge in [0.05, 0.1) is 18.8 Å². The van der Waals surface area contributed by atoms with Crippen molar-refractivity contribution in [2.75, 3.05) is 6.61 Å². The van der Waals surface area contributed by atoms with Gasteiger partial charge in [-0.3, -0.25) is 14.2 Å². The largest absolute Gasteiger partial charge is 0.501 e. The maximum absolute atomic E-state index is 13.9. The van der Waals surface area contributed by atoms with Crippen LogP contribution in [0.15, 0.2) is 29.3 Å². The highest BCUT2D eigenvalue weighted by Gasteiger charge is 2.46. The molecule has 32 heavy (non-hydrogen) atoms. The summed E-state index contributed by atoms with van der Waals surface area (Å²) in [5.41, 5.74) is -0.685. The van der Waals surface area contributed by atoms with Crippen molar-refractivity contribution in [1.29, 1.82) is 0 Å². The van der Waals surface area contributed by atoms with Crippen LogP contribution in [0.25, 0.3) is 5.69 Å². The first-order valence-corrected chi connectivity index (χ1v) is 10.3. The van der Waals surface area contributed by atoms with Crippen molar-refractivity contribution in [2.45, 2.75) is 44.9 Å². The summed E-state index contributed by atoms with van der Waals surface area (Å²) in [6, 6.07) is 4.09. The Kier molecular flexibility index (Phi) is 4.77. The van der Waals surface area contributed by atoms with Gasteiger partial charge in [-0.25, -0.2) is 19.0 Å². The van der Waals surface area contributed by atoms with Crippen LogP contribution < -0.4 is 10.9 Å². The third-order valence-electron chi connectivity index (χ3n) is 6.06. The third kappa shape index (κ3) is 3.16. The van der Waals surface area contributed by atoms with E-state index in [0.29, 0.717) is 42.3 Å². The number of halogens is 1. The summed E-state index contributed by atoms with van der Waals surface area (Å²) < 4.78 is 22.6. The van der Waals surface area contributed by atoms with Gasteiger partial charge in [-0.2, -0.15) is 5.10 Å². The molecule has 11 heteroatoms. The highest BCUT2D eigenvalue weighted by atomic mass is 19.1. The summed E-state index contributed by atoms with van der Waals surface area (Å²) in [6.07, 6.45) is 3.71. The normalized spacial score (nSPS) is 16.4. The number of rotatable bonds is 4. The quantitative estimate of drug-likeness (QED) is 0.627. The molecule has 1 aliphatic heterocycles. The van der Waals surface area contributed by atoms with Gasteiger partial charge >= 0.3 is 0 Å². The van der Waals surface area contributed by atoms with Gasteiger partial charge in [-0.1, -0.05) is 6.07 Å². The summed E-state index contributed by atoms with van der Waals surface area (Å²) in [5, 5.41) is 17.1. The van der Waals surface area contributed by atoms with Crippen LogP contribution in [-0.4, -0.2) is 41.9 Å². The number of hydrogen-bond acceptors (Lipinski definition) is 7. The average Bonchev–Trinajstić information content (AvgIpc) is 3.19. The Morgan fingerprint density at radius 3 is 2.88 bits per heavy atom. The van der Waals surface area contributed by atoms with Crippen molar-refractivity contribution in [3.63, 3.8) is 0 Å². The Morgan fingerprint density at radius 1 is 1.38 bits per heavy atom. The van der Waals surface area contributed by atoms with Crippen LogP contribution in [0.5, 0.6) is 5.75 Å². The van der Waals surface area contributed by atoms with Crippen molar-refractivity contribution in [3.8, 4) is 11.4 Å². The number of amides is 1. The van der Waals surface area contributed by atoms with Gasteiger partial charge in [0.1, 0.15) is 29.4 Å². The number of carbonyl (C=O) groups is 1. The Hall–Kier alpha value is -3.60. The number of fused-ring (bicyclic) bond motifs is 2. The van der Waals surface area contributed by atoms with E-state index in [1.165, 1.54) is 33.8 Å². The number of nitrogens with zero attached hydrogens (tertiary/aromatic N) is 5. The van der Waals surface area contributed by atoms with Crippen molar-refractivity contribution >= 4 is 5.91 Å². The Morgan fingerprint density at radius 2 is 2.19 bits per heavy atom. The van der Waals surface area contributed by atoms with Gasteiger partial charge in [-0.05, 0) is 43.9 Å². The molecule has 166 valence electrons. The number of nitrogens with one attached hydrogen (secondary N) is 1. The lowest BCUT2D eigenvalue weighted by molar-refractivity contribution is -0.134. The van der Waals surface area contributed by atoms with Crippen LogP contribution in [0.2, 0.25) is 0 Å². The molecule has 5 rings (SSSR count). The summed E-state index contributed by atoms with van der Waals surface area (Å²) in [5.74, 6) is -0.944. The average molecular weight is 440 g/mol. The minimum atomic E-state index is -0.714. The SMILES string of the molecule is Cc1ncnn1-c1cc(F)ccc1CNC(=O)c1nc2n(c(=O)c1O)CCOC21CCC1. The smallest absolute Gasteiger partial charge is 0.296 e. The summed E-state index contributed by atoms with van der Waals surface area (Å²) >= 11 is 0. The molecule has 2 aromatic heterocycles. The molecule has 3 aromatic rings. The topological polar surface area (TPSA) is 124 Å². The molecule has 3 heterocycles. The highest BCUT2D eigenvalue weighted by molar-refractivity contribution is 5.94. The molecule has 1 aromatic carbocycles. The molecule has 1 fully saturated rings. The standard InChI is InChI=1S/C21H21FN6O4/c1-12-24-11-25-28(12)15-9-14(22)4-3-13(15)10-23-18(30)16-17(29)19(31)27-7-8-32-21(5-2-6-21)20(27)26-16/h3-4,9,11,29H,2,5-8,10H2,1H3,(H,23,30). The molecule has 0 atom stereocenters. The Labute approximate surface area is 181 Å². The molecule has 2 N–H and O–H groups in total. The van der Waals surface area contributed by atoms with Crippen molar-refractivity contribution in [1.82, 2.24) is 29.6 Å². The molecule has 0 saturated heterocycles. The number of aryl methyl sites for hydroxylation is 1. The van der Waals surface area contributed by atoms with Crippen molar-refractivity contribution in [3.05, 3.63) is 63.6 Å². The molecule has 2 aliphatic rings. The Bertz CT molecular complexity index is 1280. The number of benzene rings is 1. The van der Waals surface area contributed by atoms with Gasteiger partial charge in [0, 0.05) is 6.54 Å². The fraction of sp³-hybridized carbons (Fsp3) is 0.381. The molecular weight excluding hydrogens is 419 g/mol. The molecule has 1 aliphatic carbocycles. The van der Waals surface area contributed by atoms with Crippen LogP contribution in [0, 0.1) is 12.7 Å². The summed E-state index contributed by atoms with van der Waals surface area (Å²) in [6.45, 7) is 2.35. The van der Waals surface area contributed by atoms with Gasteiger partial charge < -0.3 is 15.2 Å². The molecule has 1 amide bonds. The summed E-state index contributed by atoms with van der Waals surface area (Å²) in [7, 11) is 0. The number of hydrogen-bond donors (Lipinski definition) is 2.